The van der Waals surface area contributed by atoms with Gasteiger partial charge >= 0.3 is 0 Å². The van der Waals surface area contributed by atoms with E-state index in [0.717, 1.165) is 28.3 Å². The molecule has 0 atom stereocenters. The van der Waals surface area contributed by atoms with Gasteiger partial charge in [0.2, 0.25) is 0 Å². The van der Waals surface area contributed by atoms with Crippen molar-refractivity contribution in [3.8, 4) is 11.3 Å². The monoisotopic (exact) mass is 412 g/mol. The molecule has 2 heterocycles. The van der Waals surface area contributed by atoms with E-state index in [1.807, 2.05) is 54.6 Å². The highest BCUT2D eigenvalue weighted by Crippen LogP contribution is 2.23. The summed E-state index contributed by atoms with van der Waals surface area (Å²) in [4.78, 5) is 1.67. The summed E-state index contributed by atoms with van der Waals surface area (Å²) in [6.07, 6.45) is 1.67. The molecule has 0 saturated carbocycles. The average Bonchev–Trinajstić information content (AvgIpc) is 3.35. The Morgan fingerprint density at radius 1 is 0.929 bits per heavy atom. The number of hydrogen-bond acceptors (Lipinski definition) is 4. The van der Waals surface area contributed by atoms with Gasteiger partial charge in [0.05, 0.1) is 19.4 Å². The molecule has 0 radical (unpaired) electrons. The molecule has 7 heteroatoms. The van der Waals surface area contributed by atoms with Crippen molar-refractivity contribution in [1.29, 1.82) is 0 Å². The van der Waals surface area contributed by atoms with Crippen LogP contribution < -0.4 is 5.32 Å². The third-order valence-electron chi connectivity index (χ3n) is 4.27. The van der Waals surface area contributed by atoms with Gasteiger partial charge in [-0.25, -0.2) is 0 Å². The molecule has 0 aliphatic heterocycles. The smallest absolute Gasteiger partial charge is 0.117 e. The van der Waals surface area contributed by atoms with Crippen molar-refractivity contribution in [3.63, 3.8) is 0 Å². The summed E-state index contributed by atoms with van der Waals surface area (Å²) in [7, 11) is 0. The van der Waals surface area contributed by atoms with Crippen LogP contribution in [-0.4, -0.2) is 15.0 Å². The first kappa shape index (κ1) is 18.7. The first-order chi connectivity index (χ1) is 13.7. The van der Waals surface area contributed by atoms with Gasteiger partial charge in [-0.1, -0.05) is 59.6 Å². The van der Waals surface area contributed by atoms with E-state index < -0.39 is 0 Å². The second-order valence-corrected chi connectivity index (χ2v) is 7.15. The van der Waals surface area contributed by atoms with Gasteiger partial charge < -0.3 is 9.73 Å². The largest absolute Gasteiger partial charge is 0.468 e. The molecule has 0 saturated heterocycles. The summed E-state index contributed by atoms with van der Waals surface area (Å²) in [6.45, 7) is 1.66. The van der Waals surface area contributed by atoms with E-state index in [0.29, 0.717) is 29.7 Å². The predicted molar refractivity (Wildman–Crippen MR) is 110 cm³/mol. The lowest BCUT2D eigenvalue weighted by Gasteiger charge is -2.04. The Morgan fingerprint density at radius 2 is 1.79 bits per heavy atom. The first-order valence-corrected chi connectivity index (χ1v) is 9.61. The Morgan fingerprint density at radius 3 is 2.54 bits per heavy atom. The third kappa shape index (κ3) is 4.44. The number of nitrogens with one attached hydrogen (secondary N) is 1. The normalized spacial score (nSPS) is 11.1. The fourth-order valence-electron chi connectivity index (χ4n) is 2.91. The highest BCUT2D eigenvalue weighted by Gasteiger charge is 2.14. The van der Waals surface area contributed by atoms with Crippen LogP contribution in [0.4, 0.5) is 0 Å². The quantitative estimate of drug-likeness (QED) is 0.454. The van der Waals surface area contributed by atoms with E-state index in [9.17, 15) is 0 Å². The summed E-state index contributed by atoms with van der Waals surface area (Å²) in [5, 5.41) is 14.0. The molecule has 0 unspecified atom stereocenters. The lowest BCUT2D eigenvalue weighted by molar-refractivity contribution is 0.480. The second kappa shape index (κ2) is 8.61. The van der Waals surface area contributed by atoms with Gasteiger partial charge in [-0.2, -0.15) is 15.0 Å². The fraction of sp³-hybridized carbons (Fsp3) is 0.143. The summed E-state index contributed by atoms with van der Waals surface area (Å²) in [6, 6.07) is 19.3. The van der Waals surface area contributed by atoms with Crippen LogP contribution in [0.25, 0.3) is 11.3 Å². The van der Waals surface area contributed by atoms with Gasteiger partial charge in [0, 0.05) is 22.2 Å². The molecule has 0 aliphatic carbocycles. The molecular formula is C21H18Cl2N4O. The SMILES string of the molecule is Clc1ccc(Cn2nc(CNCc3ccco3)c(-c3ccccc3)n2)c(Cl)c1. The number of nitrogens with zero attached hydrogens (tertiary/aromatic N) is 3. The van der Waals surface area contributed by atoms with Crippen molar-refractivity contribution in [3.05, 3.63) is 94.0 Å². The minimum absolute atomic E-state index is 0.466. The predicted octanol–water partition coefficient (Wildman–Crippen LogP) is 5.18. The summed E-state index contributed by atoms with van der Waals surface area (Å²) in [5.74, 6) is 0.876. The van der Waals surface area contributed by atoms with Crippen molar-refractivity contribution in [2.75, 3.05) is 0 Å². The fourth-order valence-corrected chi connectivity index (χ4v) is 3.38. The molecule has 0 spiro atoms. The summed E-state index contributed by atoms with van der Waals surface area (Å²) in [5.41, 5.74) is 3.64. The van der Waals surface area contributed by atoms with Crippen LogP contribution in [-0.2, 0) is 19.6 Å². The highest BCUT2D eigenvalue weighted by molar-refractivity contribution is 6.35. The maximum atomic E-state index is 6.31. The van der Waals surface area contributed by atoms with Crippen LogP contribution in [0, 0.1) is 0 Å². The molecule has 0 fully saturated rings. The Labute approximate surface area is 172 Å². The third-order valence-corrected chi connectivity index (χ3v) is 4.86. The Hall–Kier alpha value is -2.60. The summed E-state index contributed by atoms with van der Waals surface area (Å²) >= 11 is 12.3. The van der Waals surface area contributed by atoms with Crippen LogP contribution in [0.1, 0.15) is 17.0 Å². The summed E-state index contributed by atoms with van der Waals surface area (Å²) < 4.78 is 5.36. The molecule has 2 aromatic carbocycles. The molecule has 28 heavy (non-hydrogen) atoms. The molecule has 2 aromatic heterocycles. The highest BCUT2D eigenvalue weighted by atomic mass is 35.5. The lowest BCUT2D eigenvalue weighted by Crippen LogP contribution is -2.13. The molecular weight excluding hydrogens is 395 g/mol. The van der Waals surface area contributed by atoms with Crippen LogP contribution in [0.5, 0.6) is 0 Å². The van der Waals surface area contributed by atoms with Crippen LogP contribution >= 0.6 is 23.2 Å². The minimum Gasteiger partial charge on any atom is -0.468 e. The molecule has 4 rings (SSSR count). The molecule has 4 aromatic rings. The molecule has 0 bridgehead atoms. The topological polar surface area (TPSA) is 55.9 Å². The van der Waals surface area contributed by atoms with E-state index in [-0.39, 0.29) is 0 Å². The lowest BCUT2D eigenvalue weighted by atomic mass is 10.1. The maximum absolute atomic E-state index is 6.31. The van der Waals surface area contributed by atoms with Crippen molar-refractivity contribution in [1.82, 2.24) is 20.3 Å². The van der Waals surface area contributed by atoms with Gasteiger partial charge in [0.1, 0.15) is 17.1 Å². The van der Waals surface area contributed by atoms with Crippen molar-refractivity contribution in [2.24, 2.45) is 0 Å². The molecule has 5 nitrogen and oxygen atoms in total. The van der Waals surface area contributed by atoms with Crippen LogP contribution in [0.3, 0.4) is 0 Å². The molecule has 0 amide bonds. The Bertz CT molecular complexity index is 1050. The number of halogens is 2. The Kier molecular flexibility index (Phi) is 5.76. The van der Waals surface area contributed by atoms with E-state index in [1.165, 1.54) is 0 Å². The van der Waals surface area contributed by atoms with Crippen LogP contribution in [0.15, 0.2) is 71.3 Å². The van der Waals surface area contributed by atoms with E-state index >= 15 is 0 Å². The van der Waals surface area contributed by atoms with Crippen molar-refractivity contribution < 1.29 is 4.42 Å². The second-order valence-electron chi connectivity index (χ2n) is 6.31. The average molecular weight is 413 g/mol. The number of aromatic nitrogens is 3. The van der Waals surface area contributed by atoms with E-state index in [1.54, 1.807) is 17.1 Å². The number of hydrogen-bond donors (Lipinski definition) is 1. The van der Waals surface area contributed by atoms with Gasteiger partial charge in [0.15, 0.2) is 0 Å². The molecule has 0 aliphatic rings. The zero-order valence-electron chi connectivity index (χ0n) is 15.0. The van der Waals surface area contributed by atoms with Gasteiger partial charge in [-0.3, -0.25) is 0 Å². The molecule has 1 N–H and O–H groups in total. The van der Waals surface area contributed by atoms with Crippen LogP contribution in [0.2, 0.25) is 10.0 Å². The van der Waals surface area contributed by atoms with Gasteiger partial charge in [-0.05, 0) is 29.8 Å². The number of rotatable bonds is 7. The zero-order chi connectivity index (χ0) is 19.3. The minimum atomic E-state index is 0.466. The van der Waals surface area contributed by atoms with Gasteiger partial charge in [-0.15, -0.1) is 0 Å². The van der Waals surface area contributed by atoms with Crippen molar-refractivity contribution >= 4 is 23.2 Å². The standard InChI is InChI=1S/C21H18Cl2N4O/c22-17-9-8-16(19(23)11-17)14-27-25-20(13-24-12-18-7-4-10-28-18)21(26-27)15-5-2-1-3-6-15/h1-11,24H,12-14H2. The Balaban J connectivity index is 1.58. The number of furan rings is 1. The molecule has 142 valence electrons. The zero-order valence-corrected chi connectivity index (χ0v) is 16.5. The van der Waals surface area contributed by atoms with Crippen molar-refractivity contribution in [2.45, 2.75) is 19.6 Å². The first-order valence-electron chi connectivity index (χ1n) is 8.85. The van der Waals surface area contributed by atoms with E-state index in [2.05, 4.69) is 10.4 Å². The maximum Gasteiger partial charge on any atom is 0.117 e. The number of benzene rings is 2. The van der Waals surface area contributed by atoms with E-state index in [4.69, 9.17) is 32.7 Å². The van der Waals surface area contributed by atoms with Gasteiger partial charge in [0.25, 0.3) is 0 Å².